The van der Waals surface area contributed by atoms with Gasteiger partial charge in [-0.25, -0.2) is 0 Å². The first-order chi connectivity index (χ1) is 13.9. The fraction of sp³-hybridized carbons (Fsp3) is 0.409. The average Bonchev–Trinajstić information content (AvgIpc) is 2.97. The Morgan fingerprint density at radius 1 is 1.03 bits per heavy atom. The number of halogens is 3. The highest BCUT2D eigenvalue weighted by atomic mass is 19.4. The van der Waals surface area contributed by atoms with Crippen molar-refractivity contribution in [3.8, 4) is 0 Å². The summed E-state index contributed by atoms with van der Waals surface area (Å²) >= 11 is 0. The zero-order valence-corrected chi connectivity index (χ0v) is 16.4. The molecular formula is C22H25F3N2O2. The molecule has 3 rings (SSSR count). The standard InChI is InChI=1S/C22H25F3N2O2/c1-29-15-16-6-8-17(9-7-16)21(28)26-19-14-18(22(23,24)25)10-11-20(19)27-12-4-2-3-5-13-27/h6-11,14H,2-5,12-13,15H2,1H3,(H,26,28). The van der Waals surface area contributed by atoms with E-state index >= 15 is 0 Å². The van der Waals surface area contributed by atoms with Gasteiger partial charge in [-0.1, -0.05) is 25.0 Å². The normalized spacial score (nSPS) is 15.1. The van der Waals surface area contributed by atoms with Crippen LogP contribution in [0.25, 0.3) is 0 Å². The van der Waals surface area contributed by atoms with Crippen LogP contribution in [0, 0.1) is 0 Å². The molecule has 0 bridgehead atoms. The van der Waals surface area contributed by atoms with E-state index in [1.807, 2.05) is 0 Å². The summed E-state index contributed by atoms with van der Waals surface area (Å²) in [7, 11) is 1.58. The maximum Gasteiger partial charge on any atom is 0.416 e. The van der Waals surface area contributed by atoms with Gasteiger partial charge >= 0.3 is 6.18 Å². The van der Waals surface area contributed by atoms with Gasteiger partial charge in [0.25, 0.3) is 5.91 Å². The number of methoxy groups -OCH3 is 1. The Balaban J connectivity index is 1.88. The van der Waals surface area contributed by atoms with Crippen LogP contribution in [0.3, 0.4) is 0 Å². The molecule has 0 aliphatic carbocycles. The van der Waals surface area contributed by atoms with Crippen LogP contribution in [0.1, 0.15) is 47.2 Å². The first-order valence-corrected chi connectivity index (χ1v) is 9.74. The van der Waals surface area contributed by atoms with Gasteiger partial charge in [-0.05, 0) is 48.7 Å². The molecular weight excluding hydrogens is 381 g/mol. The van der Waals surface area contributed by atoms with Crippen LogP contribution >= 0.6 is 0 Å². The number of rotatable bonds is 5. The van der Waals surface area contributed by atoms with Crippen molar-refractivity contribution in [2.75, 3.05) is 30.4 Å². The molecule has 1 amide bonds. The molecule has 0 atom stereocenters. The summed E-state index contributed by atoms with van der Waals surface area (Å²) in [6, 6.07) is 10.4. The Morgan fingerprint density at radius 3 is 2.28 bits per heavy atom. The van der Waals surface area contributed by atoms with E-state index in [2.05, 4.69) is 10.2 Å². The summed E-state index contributed by atoms with van der Waals surface area (Å²) < 4.78 is 44.8. The van der Waals surface area contributed by atoms with Crippen LogP contribution in [0.2, 0.25) is 0 Å². The molecule has 0 spiro atoms. The number of carbonyl (C=O) groups is 1. The molecule has 0 aromatic heterocycles. The second-order valence-corrected chi connectivity index (χ2v) is 7.22. The summed E-state index contributed by atoms with van der Waals surface area (Å²) in [6.07, 6.45) is -0.303. The number of anilines is 2. The van der Waals surface area contributed by atoms with Gasteiger partial charge in [-0.2, -0.15) is 13.2 Å². The lowest BCUT2D eigenvalue weighted by Crippen LogP contribution is -2.26. The van der Waals surface area contributed by atoms with E-state index in [1.165, 1.54) is 6.07 Å². The molecule has 1 aliphatic rings. The van der Waals surface area contributed by atoms with Gasteiger partial charge in [-0.15, -0.1) is 0 Å². The van der Waals surface area contributed by atoms with Gasteiger partial charge in [0.2, 0.25) is 0 Å². The number of carbonyl (C=O) groups excluding carboxylic acids is 1. The largest absolute Gasteiger partial charge is 0.416 e. The lowest BCUT2D eigenvalue weighted by Gasteiger charge is -2.26. The van der Waals surface area contributed by atoms with E-state index in [0.29, 0.717) is 17.9 Å². The molecule has 7 heteroatoms. The minimum absolute atomic E-state index is 0.188. The highest BCUT2D eigenvalue weighted by molar-refractivity contribution is 6.06. The Hall–Kier alpha value is -2.54. The van der Waals surface area contributed by atoms with Crippen molar-refractivity contribution in [3.63, 3.8) is 0 Å². The molecule has 1 heterocycles. The van der Waals surface area contributed by atoms with Crippen LogP contribution in [0.15, 0.2) is 42.5 Å². The van der Waals surface area contributed by atoms with Crippen molar-refractivity contribution in [1.82, 2.24) is 0 Å². The summed E-state index contributed by atoms with van der Waals surface area (Å²) in [5, 5.41) is 2.70. The minimum Gasteiger partial charge on any atom is -0.380 e. The molecule has 29 heavy (non-hydrogen) atoms. The van der Waals surface area contributed by atoms with E-state index in [1.54, 1.807) is 31.4 Å². The molecule has 0 unspecified atom stereocenters. The van der Waals surface area contributed by atoms with Crippen molar-refractivity contribution in [3.05, 3.63) is 59.2 Å². The number of hydrogen-bond donors (Lipinski definition) is 1. The predicted molar refractivity (Wildman–Crippen MR) is 107 cm³/mol. The number of ether oxygens (including phenoxy) is 1. The molecule has 2 aromatic carbocycles. The molecule has 1 aliphatic heterocycles. The summed E-state index contributed by atoms with van der Waals surface area (Å²) in [5.74, 6) is -0.440. The highest BCUT2D eigenvalue weighted by Gasteiger charge is 2.31. The Morgan fingerprint density at radius 2 is 1.69 bits per heavy atom. The fourth-order valence-electron chi connectivity index (χ4n) is 3.51. The highest BCUT2D eigenvalue weighted by Crippen LogP contribution is 2.36. The van der Waals surface area contributed by atoms with Crippen LogP contribution < -0.4 is 10.2 Å². The third-order valence-electron chi connectivity index (χ3n) is 5.05. The lowest BCUT2D eigenvalue weighted by molar-refractivity contribution is -0.137. The zero-order chi connectivity index (χ0) is 20.9. The zero-order valence-electron chi connectivity index (χ0n) is 16.4. The predicted octanol–water partition coefficient (Wildman–Crippen LogP) is 5.48. The first-order valence-electron chi connectivity index (χ1n) is 9.74. The van der Waals surface area contributed by atoms with Gasteiger partial charge in [-0.3, -0.25) is 4.79 Å². The van der Waals surface area contributed by atoms with Crippen molar-refractivity contribution in [1.29, 1.82) is 0 Å². The van der Waals surface area contributed by atoms with Crippen LogP contribution in [0.5, 0.6) is 0 Å². The first kappa shape index (κ1) is 21.2. The van der Waals surface area contributed by atoms with Gasteiger partial charge in [0, 0.05) is 25.8 Å². The van der Waals surface area contributed by atoms with Gasteiger partial charge in [0.15, 0.2) is 0 Å². The molecule has 156 valence electrons. The molecule has 1 fully saturated rings. The Bertz CT molecular complexity index is 827. The maximum absolute atomic E-state index is 13.2. The minimum atomic E-state index is -4.47. The molecule has 2 aromatic rings. The molecule has 1 saturated heterocycles. The summed E-state index contributed by atoms with van der Waals surface area (Å²) in [4.78, 5) is 14.8. The van der Waals surface area contributed by atoms with Crippen molar-refractivity contribution < 1.29 is 22.7 Å². The Labute approximate surface area is 168 Å². The van der Waals surface area contributed by atoms with Gasteiger partial charge in [0.1, 0.15) is 0 Å². The van der Waals surface area contributed by atoms with Crippen LogP contribution in [0.4, 0.5) is 24.5 Å². The van der Waals surface area contributed by atoms with E-state index in [0.717, 1.165) is 56.5 Å². The topological polar surface area (TPSA) is 41.6 Å². The number of benzene rings is 2. The van der Waals surface area contributed by atoms with E-state index in [9.17, 15) is 18.0 Å². The van der Waals surface area contributed by atoms with Gasteiger partial charge < -0.3 is 15.0 Å². The average molecular weight is 406 g/mol. The van der Waals surface area contributed by atoms with Crippen molar-refractivity contribution >= 4 is 17.3 Å². The Kier molecular flexibility index (Phi) is 6.79. The van der Waals surface area contributed by atoms with E-state index in [-0.39, 0.29) is 5.69 Å². The number of amides is 1. The van der Waals surface area contributed by atoms with Crippen LogP contribution in [-0.2, 0) is 17.5 Å². The van der Waals surface area contributed by atoms with Gasteiger partial charge in [0.05, 0.1) is 23.5 Å². The molecule has 4 nitrogen and oxygen atoms in total. The van der Waals surface area contributed by atoms with Crippen LogP contribution in [-0.4, -0.2) is 26.1 Å². The monoisotopic (exact) mass is 406 g/mol. The third kappa shape index (κ3) is 5.50. The number of hydrogen-bond acceptors (Lipinski definition) is 3. The molecule has 1 N–H and O–H groups in total. The second-order valence-electron chi connectivity index (χ2n) is 7.22. The lowest BCUT2D eigenvalue weighted by atomic mass is 10.1. The molecule has 0 radical (unpaired) electrons. The quantitative estimate of drug-likeness (QED) is 0.714. The van der Waals surface area contributed by atoms with Crippen molar-refractivity contribution in [2.45, 2.75) is 38.5 Å². The second kappa shape index (κ2) is 9.31. The van der Waals surface area contributed by atoms with E-state index < -0.39 is 17.6 Å². The smallest absolute Gasteiger partial charge is 0.380 e. The summed E-state index contributed by atoms with van der Waals surface area (Å²) in [6.45, 7) is 1.95. The summed E-state index contributed by atoms with van der Waals surface area (Å²) in [5.41, 5.74) is 1.33. The molecule has 0 saturated carbocycles. The van der Waals surface area contributed by atoms with E-state index in [4.69, 9.17) is 4.74 Å². The third-order valence-corrected chi connectivity index (χ3v) is 5.05. The van der Waals surface area contributed by atoms with Crippen molar-refractivity contribution in [2.24, 2.45) is 0 Å². The number of nitrogens with one attached hydrogen (secondary N) is 1. The number of alkyl halides is 3. The SMILES string of the molecule is COCc1ccc(C(=O)Nc2cc(C(F)(F)F)ccc2N2CCCCCC2)cc1. The number of nitrogens with zero attached hydrogens (tertiary/aromatic N) is 1. The fourth-order valence-corrected chi connectivity index (χ4v) is 3.51. The maximum atomic E-state index is 13.2.